The molecule has 14 heavy (non-hydrogen) atoms. The van der Waals surface area contributed by atoms with Crippen LogP contribution in [0, 0.1) is 0 Å². The molecule has 0 aromatic carbocycles. The molecule has 1 aromatic rings. The molecule has 1 amide bonds. The summed E-state index contributed by atoms with van der Waals surface area (Å²) in [6.07, 6.45) is 0. The Morgan fingerprint density at radius 3 is 2.71 bits per heavy atom. The molecule has 0 aliphatic carbocycles. The lowest BCUT2D eigenvalue weighted by Crippen LogP contribution is -2.44. The van der Waals surface area contributed by atoms with Crippen LogP contribution in [0.4, 0.5) is 0 Å². The molecule has 78 valence electrons. The molecule has 0 saturated heterocycles. The van der Waals surface area contributed by atoms with Gasteiger partial charge in [-0.15, -0.1) is 11.3 Å². The van der Waals surface area contributed by atoms with Crippen LogP contribution in [0.1, 0.15) is 24.2 Å². The first-order valence-corrected chi connectivity index (χ1v) is 6.86. The third kappa shape index (κ3) is 3.37. The molecule has 2 nitrogen and oxygen atoms in total. The SMILES string of the molecule is CC(C)(CBr)NC(=O)c1csc(Br)c1. The second kappa shape index (κ2) is 4.77. The van der Waals surface area contributed by atoms with E-state index >= 15 is 0 Å². The van der Waals surface area contributed by atoms with Crippen LogP contribution < -0.4 is 5.32 Å². The van der Waals surface area contributed by atoms with Crippen molar-refractivity contribution in [3.63, 3.8) is 0 Å². The number of alkyl halides is 1. The van der Waals surface area contributed by atoms with Gasteiger partial charge in [0.05, 0.1) is 9.35 Å². The van der Waals surface area contributed by atoms with Gasteiger partial charge in [-0.2, -0.15) is 0 Å². The predicted octanol–water partition coefficient (Wildman–Crippen LogP) is 3.41. The maximum Gasteiger partial charge on any atom is 0.252 e. The van der Waals surface area contributed by atoms with E-state index in [1.54, 1.807) is 0 Å². The van der Waals surface area contributed by atoms with Crippen molar-refractivity contribution in [1.29, 1.82) is 0 Å². The first kappa shape index (κ1) is 12.2. The van der Waals surface area contributed by atoms with Gasteiger partial charge in [0.1, 0.15) is 0 Å². The van der Waals surface area contributed by atoms with Gasteiger partial charge in [-0.1, -0.05) is 15.9 Å². The highest BCUT2D eigenvalue weighted by atomic mass is 79.9. The molecule has 0 radical (unpaired) electrons. The van der Waals surface area contributed by atoms with Crippen LogP contribution in [0.2, 0.25) is 0 Å². The van der Waals surface area contributed by atoms with E-state index in [1.807, 2.05) is 25.3 Å². The second-order valence-electron chi connectivity index (χ2n) is 3.61. The Labute approximate surface area is 104 Å². The molecule has 0 saturated carbocycles. The summed E-state index contributed by atoms with van der Waals surface area (Å²) < 4.78 is 0.972. The van der Waals surface area contributed by atoms with E-state index in [0.717, 1.165) is 9.12 Å². The Morgan fingerprint density at radius 1 is 1.64 bits per heavy atom. The van der Waals surface area contributed by atoms with Crippen molar-refractivity contribution in [2.75, 3.05) is 5.33 Å². The van der Waals surface area contributed by atoms with Gasteiger partial charge < -0.3 is 5.32 Å². The maximum absolute atomic E-state index is 11.7. The lowest BCUT2D eigenvalue weighted by Gasteiger charge is -2.23. The summed E-state index contributed by atoms with van der Waals surface area (Å²) in [7, 11) is 0. The average molecular weight is 341 g/mol. The monoisotopic (exact) mass is 339 g/mol. The standard InChI is InChI=1S/C9H11Br2NOS/c1-9(2,5-10)12-8(13)6-3-7(11)14-4-6/h3-4H,5H2,1-2H3,(H,12,13). The molecule has 0 fully saturated rings. The van der Waals surface area contributed by atoms with E-state index in [-0.39, 0.29) is 11.4 Å². The number of carbonyl (C=O) groups excluding carboxylic acids is 1. The van der Waals surface area contributed by atoms with E-state index in [0.29, 0.717) is 5.56 Å². The van der Waals surface area contributed by atoms with Crippen molar-refractivity contribution < 1.29 is 4.79 Å². The van der Waals surface area contributed by atoms with Crippen LogP contribution >= 0.6 is 43.2 Å². The van der Waals surface area contributed by atoms with Gasteiger partial charge in [-0.3, -0.25) is 4.79 Å². The van der Waals surface area contributed by atoms with Gasteiger partial charge in [0, 0.05) is 16.2 Å². The summed E-state index contributed by atoms with van der Waals surface area (Å²) in [6.45, 7) is 3.95. The fourth-order valence-electron chi connectivity index (χ4n) is 0.842. The fourth-order valence-corrected chi connectivity index (χ4v) is 2.12. The molecule has 5 heteroatoms. The highest BCUT2D eigenvalue weighted by Gasteiger charge is 2.20. The van der Waals surface area contributed by atoms with Crippen LogP contribution in [0.3, 0.4) is 0 Å². The molecule has 1 rings (SSSR count). The van der Waals surface area contributed by atoms with Crippen molar-refractivity contribution in [2.45, 2.75) is 19.4 Å². The topological polar surface area (TPSA) is 29.1 Å². The fraction of sp³-hybridized carbons (Fsp3) is 0.444. The maximum atomic E-state index is 11.7. The van der Waals surface area contributed by atoms with Crippen molar-refractivity contribution in [3.8, 4) is 0 Å². The smallest absolute Gasteiger partial charge is 0.252 e. The Bertz CT molecular complexity index is 335. The lowest BCUT2D eigenvalue weighted by molar-refractivity contribution is 0.0922. The zero-order valence-corrected chi connectivity index (χ0v) is 11.9. The number of amides is 1. The first-order valence-electron chi connectivity index (χ1n) is 4.07. The summed E-state index contributed by atoms with van der Waals surface area (Å²) in [5.41, 5.74) is 0.488. The highest BCUT2D eigenvalue weighted by Crippen LogP contribution is 2.21. The zero-order chi connectivity index (χ0) is 10.8. The summed E-state index contributed by atoms with van der Waals surface area (Å²) in [4.78, 5) is 11.7. The minimum absolute atomic E-state index is 0.0311. The molecule has 0 bridgehead atoms. The third-order valence-electron chi connectivity index (χ3n) is 1.62. The molecular formula is C9H11Br2NOS. The summed E-state index contributed by atoms with van der Waals surface area (Å²) in [5.74, 6) is -0.0311. The number of hydrogen-bond acceptors (Lipinski definition) is 2. The largest absolute Gasteiger partial charge is 0.346 e. The average Bonchev–Trinajstić information content (AvgIpc) is 2.51. The normalized spacial score (nSPS) is 11.4. The van der Waals surface area contributed by atoms with Crippen LogP contribution in [0.15, 0.2) is 15.2 Å². The molecule has 1 heterocycles. The number of hydrogen-bond donors (Lipinski definition) is 1. The molecule has 0 aliphatic heterocycles. The Balaban J connectivity index is 2.68. The van der Waals surface area contributed by atoms with Crippen molar-refractivity contribution in [2.24, 2.45) is 0 Å². The van der Waals surface area contributed by atoms with Crippen molar-refractivity contribution in [1.82, 2.24) is 5.32 Å². The van der Waals surface area contributed by atoms with E-state index < -0.39 is 0 Å². The van der Waals surface area contributed by atoms with Crippen molar-refractivity contribution in [3.05, 3.63) is 20.8 Å². The number of thiophene rings is 1. The van der Waals surface area contributed by atoms with Gasteiger partial charge in [-0.05, 0) is 35.8 Å². The summed E-state index contributed by atoms with van der Waals surface area (Å²) >= 11 is 8.19. The molecule has 1 N–H and O–H groups in total. The molecule has 0 spiro atoms. The molecule has 0 atom stereocenters. The number of rotatable bonds is 3. The molecule has 0 unspecified atom stereocenters. The van der Waals surface area contributed by atoms with E-state index in [2.05, 4.69) is 37.2 Å². The minimum atomic E-state index is -0.217. The summed E-state index contributed by atoms with van der Waals surface area (Å²) in [6, 6.07) is 1.82. The van der Waals surface area contributed by atoms with Crippen molar-refractivity contribution >= 4 is 49.1 Å². The molecule has 1 aromatic heterocycles. The predicted molar refractivity (Wildman–Crippen MR) is 67.4 cm³/mol. The van der Waals surface area contributed by atoms with Crippen LogP contribution in [0.25, 0.3) is 0 Å². The highest BCUT2D eigenvalue weighted by molar-refractivity contribution is 9.11. The van der Waals surface area contributed by atoms with Gasteiger partial charge in [0.2, 0.25) is 0 Å². The van der Waals surface area contributed by atoms with Gasteiger partial charge in [0.25, 0.3) is 5.91 Å². The lowest BCUT2D eigenvalue weighted by atomic mass is 10.1. The van der Waals surface area contributed by atoms with Crippen LogP contribution in [-0.4, -0.2) is 16.8 Å². The number of carbonyl (C=O) groups is 1. The van der Waals surface area contributed by atoms with Crippen LogP contribution in [-0.2, 0) is 0 Å². The zero-order valence-electron chi connectivity index (χ0n) is 7.93. The van der Waals surface area contributed by atoms with E-state index in [9.17, 15) is 4.79 Å². The Kier molecular flexibility index (Phi) is 4.15. The summed E-state index contributed by atoms with van der Waals surface area (Å²) in [5, 5.41) is 5.51. The Morgan fingerprint density at radius 2 is 2.29 bits per heavy atom. The minimum Gasteiger partial charge on any atom is -0.346 e. The van der Waals surface area contributed by atoms with E-state index in [1.165, 1.54) is 11.3 Å². The number of halogens is 2. The number of nitrogens with one attached hydrogen (secondary N) is 1. The molecular weight excluding hydrogens is 330 g/mol. The first-order chi connectivity index (χ1) is 6.44. The van der Waals surface area contributed by atoms with Crippen LogP contribution in [0.5, 0.6) is 0 Å². The molecule has 0 aliphatic rings. The van der Waals surface area contributed by atoms with Gasteiger partial charge in [0.15, 0.2) is 0 Å². The van der Waals surface area contributed by atoms with Gasteiger partial charge in [-0.25, -0.2) is 0 Å². The van der Waals surface area contributed by atoms with E-state index in [4.69, 9.17) is 0 Å². The second-order valence-corrected chi connectivity index (χ2v) is 6.46. The Hall–Kier alpha value is 0.130. The quantitative estimate of drug-likeness (QED) is 0.839. The third-order valence-corrected chi connectivity index (χ3v) is 4.52. The van der Waals surface area contributed by atoms with Gasteiger partial charge >= 0.3 is 0 Å².